The molecule has 0 fully saturated rings. The smallest absolute Gasteiger partial charge is 0.347 e. The first-order valence-corrected chi connectivity index (χ1v) is 7.34. The van der Waals surface area contributed by atoms with E-state index in [1.807, 2.05) is 0 Å². The second kappa shape index (κ2) is 6.57. The molecule has 0 spiro atoms. The molecular weight excluding hydrogens is 268 g/mol. The van der Waals surface area contributed by atoms with E-state index in [0.29, 0.717) is 23.0 Å². The van der Waals surface area contributed by atoms with Crippen molar-refractivity contribution in [2.75, 3.05) is 0 Å². The van der Waals surface area contributed by atoms with E-state index < -0.39 is 5.63 Å². The monoisotopic (exact) mass is 288 g/mol. The molecule has 0 aliphatic carbocycles. The minimum atomic E-state index is -0.619. The van der Waals surface area contributed by atoms with Crippen LogP contribution in [0.5, 0.6) is 5.75 Å². The number of carbonyl (C=O) groups excluding carboxylic acids is 1. The summed E-state index contributed by atoms with van der Waals surface area (Å²) in [4.78, 5) is 24.3. The summed E-state index contributed by atoms with van der Waals surface area (Å²) in [6.45, 7) is 3.86. The van der Waals surface area contributed by atoms with Gasteiger partial charge < -0.3 is 9.52 Å². The standard InChI is InChI=1S/C17H20O4/c1-3-4-5-6-7-14(19)16-11(2)13-9-8-12(18)10-15(13)21-17(16)20/h8-10,18H,3-7H2,1-2H3. The van der Waals surface area contributed by atoms with Crippen LogP contribution in [0.25, 0.3) is 11.0 Å². The number of phenols is 1. The number of phenolic OH excluding ortho intramolecular Hbond substituents is 1. The molecule has 0 atom stereocenters. The number of aromatic hydroxyl groups is 1. The van der Waals surface area contributed by atoms with Crippen molar-refractivity contribution in [3.63, 3.8) is 0 Å². The molecule has 2 aromatic rings. The minimum Gasteiger partial charge on any atom is -0.508 e. The Labute approximate surface area is 123 Å². The third-order valence-corrected chi connectivity index (χ3v) is 3.69. The van der Waals surface area contributed by atoms with Crippen molar-refractivity contribution in [2.24, 2.45) is 0 Å². The highest BCUT2D eigenvalue weighted by Gasteiger charge is 2.18. The van der Waals surface area contributed by atoms with Crippen molar-refractivity contribution < 1.29 is 14.3 Å². The third kappa shape index (κ3) is 3.32. The summed E-state index contributed by atoms with van der Waals surface area (Å²) < 4.78 is 5.17. The summed E-state index contributed by atoms with van der Waals surface area (Å²) >= 11 is 0. The van der Waals surface area contributed by atoms with E-state index in [9.17, 15) is 14.7 Å². The zero-order valence-electron chi connectivity index (χ0n) is 12.4. The lowest BCUT2D eigenvalue weighted by Gasteiger charge is -2.07. The first-order chi connectivity index (χ1) is 10.0. The van der Waals surface area contributed by atoms with Gasteiger partial charge in [0.25, 0.3) is 0 Å². The van der Waals surface area contributed by atoms with Gasteiger partial charge in [-0.15, -0.1) is 0 Å². The Morgan fingerprint density at radius 2 is 2.00 bits per heavy atom. The quantitative estimate of drug-likeness (QED) is 0.496. The van der Waals surface area contributed by atoms with Gasteiger partial charge in [0.1, 0.15) is 16.9 Å². The zero-order valence-corrected chi connectivity index (χ0v) is 12.4. The topological polar surface area (TPSA) is 67.5 Å². The van der Waals surface area contributed by atoms with Crippen LogP contribution >= 0.6 is 0 Å². The Hall–Kier alpha value is -2.10. The van der Waals surface area contributed by atoms with Crippen molar-refractivity contribution >= 4 is 16.8 Å². The second-order valence-corrected chi connectivity index (χ2v) is 5.30. The van der Waals surface area contributed by atoms with Gasteiger partial charge in [-0.25, -0.2) is 4.79 Å². The summed E-state index contributed by atoms with van der Waals surface area (Å²) in [5, 5.41) is 10.1. The minimum absolute atomic E-state index is 0.0312. The highest BCUT2D eigenvalue weighted by molar-refractivity contribution is 6.00. The number of hydrogen-bond donors (Lipinski definition) is 1. The van der Waals surface area contributed by atoms with Gasteiger partial charge in [0, 0.05) is 17.9 Å². The first kappa shape index (κ1) is 15.3. The Bertz CT molecular complexity index is 713. The molecule has 0 aliphatic rings. The number of carbonyl (C=O) groups is 1. The highest BCUT2D eigenvalue weighted by Crippen LogP contribution is 2.24. The molecule has 1 aromatic heterocycles. The molecule has 0 amide bonds. The van der Waals surface area contributed by atoms with Gasteiger partial charge in [0.15, 0.2) is 5.78 Å². The van der Waals surface area contributed by atoms with E-state index in [1.165, 1.54) is 12.1 Å². The molecule has 4 heteroatoms. The van der Waals surface area contributed by atoms with Crippen LogP contribution in [0.3, 0.4) is 0 Å². The number of fused-ring (bicyclic) bond motifs is 1. The summed E-state index contributed by atoms with van der Waals surface area (Å²) in [7, 11) is 0. The van der Waals surface area contributed by atoms with Crippen molar-refractivity contribution in [1.29, 1.82) is 0 Å². The van der Waals surface area contributed by atoms with Gasteiger partial charge >= 0.3 is 5.63 Å². The average molecular weight is 288 g/mol. The molecule has 112 valence electrons. The van der Waals surface area contributed by atoms with E-state index >= 15 is 0 Å². The van der Waals surface area contributed by atoms with Crippen LogP contribution < -0.4 is 5.63 Å². The number of aryl methyl sites for hydroxylation is 1. The molecule has 0 saturated heterocycles. The van der Waals surface area contributed by atoms with Gasteiger partial charge in [-0.1, -0.05) is 26.2 Å². The lowest BCUT2D eigenvalue weighted by Crippen LogP contribution is -2.16. The molecule has 0 bridgehead atoms. The molecule has 0 unspecified atom stereocenters. The lowest BCUT2D eigenvalue weighted by atomic mass is 9.99. The third-order valence-electron chi connectivity index (χ3n) is 3.69. The van der Waals surface area contributed by atoms with Crippen LogP contribution in [-0.2, 0) is 0 Å². The van der Waals surface area contributed by atoms with Crippen LogP contribution in [0.4, 0.5) is 0 Å². The zero-order chi connectivity index (χ0) is 15.4. The Kier molecular flexibility index (Phi) is 4.78. The summed E-state index contributed by atoms with van der Waals surface area (Å²) in [6, 6.07) is 4.57. The number of ketones is 1. The molecule has 1 N–H and O–H groups in total. The summed E-state index contributed by atoms with van der Waals surface area (Å²) in [6.07, 6.45) is 4.36. The van der Waals surface area contributed by atoms with Crippen molar-refractivity contribution in [3.05, 3.63) is 39.7 Å². The highest BCUT2D eigenvalue weighted by atomic mass is 16.4. The Morgan fingerprint density at radius 3 is 2.71 bits per heavy atom. The molecule has 0 aliphatic heterocycles. The Morgan fingerprint density at radius 1 is 1.24 bits per heavy atom. The fourth-order valence-electron chi connectivity index (χ4n) is 2.50. The second-order valence-electron chi connectivity index (χ2n) is 5.30. The van der Waals surface area contributed by atoms with E-state index in [-0.39, 0.29) is 17.1 Å². The van der Waals surface area contributed by atoms with Crippen molar-refractivity contribution in [3.8, 4) is 5.75 Å². The van der Waals surface area contributed by atoms with Crippen LogP contribution in [0.2, 0.25) is 0 Å². The number of Topliss-reactive ketones (excluding diaryl/α,β-unsaturated/α-hetero) is 1. The van der Waals surface area contributed by atoms with Gasteiger partial charge in [0.2, 0.25) is 0 Å². The van der Waals surface area contributed by atoms with Gasteiger partial charge in [-0.05, 0) is 31.0 Å². The van der Waals surface area contributed by atoms with E-state index in [0.717, 1.165) is 25.7 Å². The van der Waals surface area contributed by atoms with Crippen molar-refractivity contribution in [2.45, 2.75) is 46.0 Å². The maximum Gasteiger partial charge on any atom is 0.347 e. The first-order valence-electron chi connectivity index (χ1n) is 7.34. The van der Waals surface area contributed by atoms with Gasteiger partial charge in [-0.2, -0.15) is 0 Å². The van der Waals surface area contributed by atoms with E-state index in [4.69, 9.17) is 4.42 Å². The largest absolute Gasteiger partial charge is 0.508 e. The molecular formula is C17H20O4. The van der Waals surface area contributed by atoms with Crippen LogP contribution in [0.15, 0.2) is 27.4 Å². The van der Waals surface area contributed by atoms with E-state index in [1.54, 1.807) is 13.0 Å². The predicted octanol–water partition coefficient (Wildman–Crippen LogP) is 3.96. The number of hydrogen-bond acceptors (Lipinski definition) is 4. The average Bonchev–Trinajstić information content (AvgIpc) is 2.43. The molecule has 1 heterocycles. The van der Waals surface area contributed by atoms with Crippen LogP contribution in [0.1, 0.15) is 54.9 Å². The maximum absolute atomic E-state index is 12.3. The van der Waals surface area contributed by atoms with Crippen LogP contribution in [0, 0.1) is 6.92 Å². The molecule has 21 heavy (non-hydrogen) atoms. The number of unbranched alkanes of at least 4 members (excludes halogenated alkanes) is 3. The molecule has 0 saturated carbocycles. The summed E-state index contributed by atoms with van der Waals surface area (Å²) in [5.74, 6) is -0.129. The predicted molar refractivity (Wildman–Crippen MR) is 82.0 cm³/mol. The molecule has 4 nitrogen and oxygen atoms in total. The maximum atomic E-state index is 12.3. The Balaban J connectivity index is 2.33. The van der Waals surface area contributed by atoms with E-state index in [2.05, 4.69) is 6.92 Å². The lowest BCUT2D eigenvalue weighted by molar-refractivity contribution is 0.0975. The van der Waals surface area contributed by atoms with Crippen LogP contribution in [-0.4, -0.2) is 10.9 Å². The van der Waals surface area contributed by atoms with Gasteiger partial charge in [-0.3, -0.25) is 4.79 Å². The van der Waals surface area contributed by atoms with Gasteiger partial charge in [0.05, 0.1) is 0 Å². The van der Waals surface area contributed by atoms with Crippen molar-refractivity contribution in [1.82, 2.24) is 0 Å². The number of benzene rings is 1. The summed E-state index contributed by atoms with van der Waals surface area (Å²) in [5.41, 5.74) is 0.456. The normalized spacial score (nSPS) is 11.0. The molecule has 0 radical (unpaired) electrons. The molecule has 2 rings (SSSR count). The SMILES string of the molecule is CCCCCCC(=O)c1c(C)c2ccc(O)cc2oc1=O. The fraction of sp³-hybridized carbons (Fsp3) is 0.412. The molecule has 1 aromatic carbocycles. The fourth-order valence-corrected chi connectivity index (χ4v) is 2.50. The number of rotatable bonds is 6.